The van der Waals surface area contributed by atoms with Gasteiger partial charge in [-0.05, 0) is 51.3 Å². The molecule has 7 heteroatoms. The Kier molecular flexibility index (Phi) is 4.84. The van der Waals surface area contributed by atoms with Gasteiger partial charge in [-0.25, -0.2) is 4.79 Å². The molecule has 0 spiro atoms. The summed E-state index contributed by atoms with van der Waals surface area (Å²) in [6.45, 7) is 3.87. The van der Waals surface area contributed by atoms with E-state index in [0.717, 1.165) is 6.42 Å². The van der Waals surface area contributed by atoms with E-state index in [1.54, 1.807) is 13.8 Å². The molecule has 0 saturated carbocycles. The average molecular weight is 318 g/mol. The van der Waals surface area contributed by atoms with Crippen molar-refractivity contribution in [3.63, 3.8) is 0 Å². The van der Waals surface area contributed by atoms with E-state index in [-0.39, 0.29) is 18.6 Å². The maximum absolute atomic E-state index is 13.6. The lowest BCUT2D eigenvalue weighted by Crippen LogP contribution is -2.56. The SMILES string of the molecule is CCOC(=O)[C@H](C)n1ccc(C2(C(F)(F)F)CCCCN2)c1. The van der Waals surface area contributed by atoms with Crippen LogP contribution in [0.25, 0.3) is 0 Å². The molecule has 2 atom stereocenters. The zero-order chi connectivity index (χ0) is 16.4. The number of rotatable bonds is 4. The number of hydrogen-bond acceptors (Lipinski definition) is 3. The molecule has 0 amide bonds. The molecule has 1 N–H and O–H groups in total. The Bertz CT molecular complexity index is 519. The zero-order valence-corrected chi connectivity index (χ0v) is 12.7. The number of ether oxygens (including phenoxy) is 1. The molecular formula is C15H21F3N2O2. The van der Waals surface area contributed by atoms with Crippen molar-refractivity contribution in [3.8, 4) is 0 Å². The highest BCUT2D eigenvalue weighted by Crippen LogP contribution is 2.44. The molecule has 1 aliphatic heterocycles. The van der Waals surface area contributed by atoms with Gasteiger partial charge in [-0.1, -0.05) is 0 Å². The van der Waals surface area contributed by atoms with Crippen LogP contribution in [0.5, 0.6) is 0 Å². The Morgan fingerprint density at radius 1 is 1.50 bits per heavy atom. The highest BCUT2D eigenvalue weighted by atomic mass is 19.4. The molecule has 124 valence electrons. The van der Waals surface area contributed by atoms with Gasteiger partial charge >= 0.3 is 12.1 Å². The van der Waals surface area contributed by atoms with Gasteiger partial charge in [-0.3, -0.25) is 5.32 Å². The van der Waals surface area contributed by atoms with Crippen molar-refractivity contribution >= 4 is 5.97 Å². The second-order valence-electron chi connectivity index (χ2n) is 5.56. The lowest BCUT2D eigenvalue weighted by molar-refractivity contribution is -0.207. The fraction of sp³-hybridized carbons (Fsp3) is 0.667. The number of aromatic nitrogens is 1. The van der Waals surface area contributed by atoms with Gasteiger partial charge in [-0.2, -0.15) is 13.2 Å². The number of halogens is 3. The van der Waals surface area contributed by atoms with Crippen LogP contribution in [-0.4, -0.2) is 29.9 Å². The third kappa shape index (κ3) is 2.99. The quantitative estimate of drug-likeness (QED) is 0.867. The molecule has 2 rings (SSSR count). The first-order chi connectivity index (χ1) is 10.3. The summed E-state index contributed by atoms with van der Waals surface area (Å²) in [7, 11) is 0. The molecule has 1 unspecified atom stereocenters. The van der Waals surface area contributed by atoms with E-state index in [1.807, 2.05) is 0 Å². The lowest BCUT2D eigenvalue weighted by atomic mass is 9.83. The van der Waals surface area contributed by atoms with Crippen molar-refractivity contribution in [1.29, 1.82) is 0 Å². The van der Waals surface area contributed by atoms with E-state index in [0.29, 0.717) is 13.0 Å². The summed E-state index contributed by atoms with van der Waals surface area (Å²) in [5, 5.41) is 2.64. The van der Waals surface area contributed by atoms with Crippen LogP contribution in [0, 0.1) is 0 Å². The summed E-state index contributed by atoms with van der Waals surface area (Å²) in [5.74, 6) is -0.456. The van der Waals surface area contributed by atoms with Crippen molar-refractivity contribution in [2.24, 2.45) is 0 Å². The highest BCUT2D eigenvalue weighted by Gasteiger charge is 2.56. The monoisotopic (exact) mass is 318 g/mol. The average Bonchev–Trinajstić information content (AvgIpc) is 2.96. The molecule has 1 aromatic heterocycles. The predicted octanol–water partition coefficient (Wildman–Crippen LogP) is 3.14. The van der Waals surface area contributed by atoms with Crippen LogP contribution in [0.1, 0.15) is 44.7 Å². The minimum atomic E-state index is -4.38. The van der Waals surface area contributed by atoms with Gasteiger partial charge in [0.05, 0.1) is 6.61 Å². The molecule has 0 radical (unpaired) electrons. The van der Waals surface area contributed by atoms with E-state index < -0.39 is 23.7 Å². The van der Waals surface area contributed by atoms with Crippen LogP contribution in [0.2, 0.25) is 0 Å². The Balaban J connectivity index is 2.30. The fourth-order valence-electron chi connectivity index (χ4n) is 2.85. The van der Waals surface area contributed by atoms with Crippen molar-refractivity contribution in [2.75, 3.05) is 13.2 Å². The molecule has 1 aliphatic rings. The van der Waals surface area contributed by atoms with Gasteiger partial charge in [-0.15, -0.1) is 0 Å². The van der Waals surface area contributed by atoms with E-state index >= 15 is 0 Å². The Morgan fingerprint density at radius 2 is 2.23 bits per heavy atom. The summed E-state index contributed by atoms with van der Waals surface area (Å²) < 4.78 is 47.2. The minimum Gasteiger partial charge on any atom is -0.464 e. The van der Waals surface area contributed by atoms with E-state index in [2.05, 4.69) is 5.32 Å². The van der Waals surface area contributed by atoms with Crippen LogP contribution >= 0.6 is 0 Å². The molecule has 0 aliphatic carbocycles. The summed E-state index contributed by atoms with van der Waals surface area (Å²) in [5.41, 5.74) is -1.87. The Morgan fingerprint density at radius 3 is 2.77 bits per heavy atom. The first kappa shape index (κ1) is 16.9. The molecule has 1 aromatic rings. The number of carbonyl (C=O) groups is 1. The molecule has 4 nitrogen and oxygen atoms in total. The number of hydrogen-bond donors (Lipinski definition) is 1. The maximum Gasteiger partial charge on any atom is 0.410 e. The summed E-state index contributed by atoms with van der Waals surface area (Å²) in [6.07, 6.45) is -0.224. The van der Waals surface area contributed by atoms with Gasteiger partial charge in [0.15, 0.2) is 0 Å². The largest absolute Gasteiger partial charge is 0.464 e. The van der Waals surface area contributed by atoms with Gasteiger partial charge < -0.3 is 9.30 Å². The molecule has 2 heterocycles. The first-order valence-electron chi connectivity index (χ1n) is 7.48. The molecular weight excluding hydrogens is 297 g/mol. The number of alkyl halides is 3. The van der Waals surface area contributed by atoms with Gasteiger partial charge in [0.2, 0.25) is 0 Å². The van der Waals surface area contributed by atoms with E-state index in [4.69, 9.17) is 4.74 Å². The van der Waals surface area contributed by atoms with Crippen LogP contribution < -0.4 is 5.32 Å². The predicted molar refractivity (Wildman–Crippen MR) is 75.4 cm³/mol. The Hall–Kier alpha value is -1.50. The lowest BCUT2D eigenvalue weighted by Gasteiger charge is -2.39. The van der Waals surface area contributed by atoms with Crippen LogP contribution in [0.4, 0.5) is 13.2 Å². The van der Waals surface area contributed by atoms with Crippen molar-refractivity contribution in [3.05, 3.63) is 24.0 Å². The van der Waals surface area contributed by atoms with Crippen molar-refractivity contribution < 1.29 is 22.7 Å². The standard InChI is InChI=1S/C15H21F3N2O2/c1-3-22-13(21)11(2)20-9-6-12(10-20)14(15(16,17)18)7-4-5-8-19-14/h6,9-11,19H,3-5,7-8H2,1-2H3/t11-,14?/m0/s1. The number of carbonyl (C=O) groups excluding carboxylic acids is 1. The number of esters is 1. The summed E-state index contributed by atoms with van der Waals surface area (Å²) in [4.78, 5) is 11.7. The van der Waals surface area contributed by atoms with Crippen LogP contribution in [0.3, 0.4) is 0 Å². The van der Waals surface area contributed by atoms with E-state index in [1.165, 1.54) is 23.0 Å². The number of nitrogens with one attached hydrogen (secondary N) is 1. The zero-order valence-electron chi connectivity index (χ0n) is 12.7. The van der Waals surface area contributed by atoms with Gasteiger partial charge in [0, 0.05) is 12.4 Å². The molecule has 22 heavy (non-hydrogen) atoms. The first-order valence-corrected chi connectivity index (χ1v) is 7.48. The number of piperidine rings is 1. The maximum atomic E-state index is 13.6. The second kappa shape index (κ2) is 6.32. The van der Waals surface area contributed by atoms with Crippen molar-refractivity contribution in [1.82, 2.24) is 9.88 Å². The fourth-order valence-corrected chi connectivity index (χ4v) is 2.85. The smallest absolute Gasteiger partial charge is 0.410 e. The third-order valence-electron chi connectivity index (χ3n) is 4.17. The van der Waals surface area contributed by atoms with Crippen LogP contribution in [0.15, 0.2) is 18.5 Å². The second-order valence-corrected chi connectivity index (χ2v) is 5.56. The van der Waals surface area contributed by atoms with Crippen molar-refractivity contribution in [2.45, 2.75) is 50.9 Å². The third-order valence-corrected chi connectivity index (χ3v) is 4.17. The molecule has 1 fully saturated rings. The van der Waals surface area contributed by atoms with Gasteiger partial charge in [0.1, 0.15) is 11.6 Å². The van der Waals surface area contributed by atoms with Gasteiger partial charge in [0.25, 0.3) is 0 Å². The number of nitrogens with zero attached hydrogens (tertiary/aromatic N) is 1. The summed E-state index contributed by atoms with van der Waals surface area (Å²) >= 11 is 0. The molecule has 1 saturated heterocycles. The van der Waals surface area contributed by atoms with Crippen LogP contribution in [-0.2, 0) is 15.1 Å². The summed E-state index contributed by atoms with van der Waals surface area (Å²) in [6, 6.07) is 0.782. The minimum absolute atomic E-state index is 0.00823. The molecule has 0 aromatic carbocycles. The Labute approximate surface area is 127 Å². The molecule has 0 bridgehead atoms. The topological polar surface area (TPSA) is 43.3 Å². The highest BCUT2D eigenvalue weighted by molar-refractivity contribution is 5.73. The normalized spacial score (nSPS) is 24.0. The van der Waals surface area contributed by atoms with E-state index in [9.17, 15) is 18.0 Å².